The predicted molar refractivity (Wildman–Crippen MR) is 118 cm³/mol. The maximum Gasteiger partial charge on any atom is 0.232 e. The van der Waals surface area contributed by atoms with Crippen LogP contribution in [0.1, 0.15) is 37.6 Å². The van der Waals surface area contributed by atoms with Gasteiger partial charge >= 0.3 is 0 Å². The van der Waals surface area contributed by atoms with Crippen LogP contribution in [0.15, 0.2) is 47.0 Å². The molecule has 1 aliphatic heterocycles. The zero-order valence-corrected chi connectivity index (χ0v) is 18.7. The minimum absolute atomic E-state index is 0.0337. The van der Waals surface area contributed by atoms with Gasteiger partial charge in [0.15, 0.2) is 11.5 Å². The van der Waals surface area contributed by atoms with Gasteiger partial charge in [-0.15, -0.1) is 0 Å². The molecule has 0 spiro atoms. The van der Waals surface area contributed by atoms with E-state index in [0.717, 1.165) is 16.9 Å². The molecule has 1 amide bonds. The van der Waals surface area contributed by atoms with Gasteiger partial charge in [-0.05, 0) is 49.7 Å². The first-order valence-corrected chi connectivity index (χ1v) is 10.6. The summed E-state index contributed by atoms with van der Waals surface area (Å²) in [5, 5.41) is 4.12. The molecule has 4 rings (SSSR count). The monoisotopic (exact) mass is 437 g/mol. The molecule has 0 radical (unpaired) electrons. The summed E-state index contributed by atoms with van der Waals surface area (Å²) < 4.78 is 22.0. The fourth-order valence-corrected chi connectivity index (χ4v) is 3.76. The van der Waals surface area contributed by atoms with E-state index in [1.54, 1.807) is 14.2 Å². The topological polar surface area (TPSA) is 86.9 Å². The van der Waals surface area contributed by atoms with Crippen LogP contribution in [0.25, 0.3) is 11.4 Å². The second kappa shape index (κ2) is 9.30. The Labute approximate surface area is 187 Å². The number of likely N-dealkylation sites (tertiary alicyclic amines) is 1. The van der Waals surface area contributed by atoms with Crippen LogP contribution in [0.2, 0.25) is 0 Å². The molecule has 1 aliphatic rings. The summed E-state index contributed by atoms with van der Waals surface area (Å²) in [5.41, 5.74) is 1.77. The zero-order chi connectivity index (χ0) is 22.7. The average molecular weight is 437 g/mol. The number of hydrogen-bond donors (Lipinski definition) is 0. The van der Waals surface area contributed by atoms with Crippen LogP contribution in [0.4, 0.5) is 0 Å². The van der Waals surface area contributed by atoms with E-state index >= 15 is 0 Å². The Morgan fingerprint density at radius 1 is 1.12 bits per heavy atom. The van der Waals surface area contributed by atoms with Gasteiger partial charge in [0, 0.05) is 25.1 Å². The summed E-state index contributed by atoms with van der Waals surface area (Å²) in [6.07, 6.45) is 0.377. The minimum atomic E-state index is -0.139. The molecular formula is C24H27N3O5. The lowest BCUT2D eigenvalue weighted by Crippen LogP contribution is -2.24. The molecule has 1 unspecified atom stereocenters. The molecule has 1 aromatic heterocycles. The van der Waals surface area contributed by atoms with Gasteiger partial charge in [0.05, 0.1) is 26.2 Å². The molecule has 2 aromatic carbocycles. The Balaban J connectivity index is 1.47. The van der Waals surface area contributed by atoms with E-state index in [9.17, 15) is 4.79 Å². The number of nitrogens with zero attached hydrogens (tertiary/aromatic N) is 3. The molecule has 0 bridgehead atoms. The summed E-state index contributed by atoms with van der Waals surface area (Å²) in [5.74, 6) is 2.87. The van der Waals surface area contributed by atoms with E-state index in [2.05, 4.69) is 10.1 Å². The van der Waals surface area contributed by atoms with Crippen LogP contribution in [-0.4, -0.2) is 47.8 Å². The number of benzene rings is 2. The highest BCUT2D eigenvalue weighted by Crippen LogP contribution is 2.34. The van der Waals surface area contributed by atoms with E-state index in [1.807, 2.05) is 61.2 Å². The summed E-state index contributed by atoms with van der Waals surface area (Å²) in [6.45, 7) is 4.96. The van der Waals surface area contributed by atoms with Gasteiger partial charge in [-0.25, -0.2) is 0 Å². The Hall–Kier alpha value is -3.55. The van der Waals surface area contributed by atoms with Crippen molar-refractivity contribution in [1.82, 2.24) is 15.0 Å². The van der Waals surface area contributed by atoms with Crippen LogP contribution in [0, 0.1) is 0 Å². The summed E-state index contributed by atoms with van der Waals surface area (Å²) >= 11 is 0. The van der Waals surface area contributed by atoms with Crippen LogP contribution in [-0.2, 0) is 11.3 Å². The molecular weight excluding hydrogens is 410 g/mol. The van der Waals surface area contributed by atoms with E-state index < -0.39 is 0 Å². The Kier molecular flexibility index (Phi) is 6.30. The average Bonchev–Trinajstić information content (AvgIpc) is 3.41. The van der Waals surface area contributed by atoms with E-state index in [-0.39, 0.29) is 17.9 Å². The number of carbonyl (C=O) groups is 1. The van der Waals surface area contributed by atoms with Crippen LogP contribution in [0.3, 0.4) is 0 Å². The second-order valence-electron chi connectivity index (χ2n) is 8.02. The smallest absolute Gasteiger partial charge is 0.232 e. The van der Waals surface area contributed by atoms with Crippen molar-refractivity contribution in [3.05, 3.63) is 53.9 Å². The van der Waals surface area contributed by atoms with Crippen molar-refractivity contribution in [2.45, 2.75) is 38.8 Å². The van der Waals surface area contributed by atoms with Gasteiger partial charge in [-0.3, -0.25) is 4.79 Å². The molecule has 1 saturated heterocycles. The first-order valence-electron chi connectivity index (χ1n) is 10.6. The lowest BCUT2D eigenvalue weighted by Gasteiger charge is -2.16. The fourth-order valence-electron chi connectivity index (χ4n) is 3.76. The maximum atomic E-state index is 12.6. The normalized spacial score (nSPS) is 16.0. The Morgan fingerprint density at radius 3 is 2.72 bits per heavy atom. The van der Waals surface area contributed by atoms with Crippen molar-refractivity contribution < 1.29 is 23.5 Å². The maximum absolute atomic E-state index is 12.6. The van der Waals surface area contributed by atoms with E-state index in [1.165, 1.54) is 0 Å². The number of ether oxygens (including phenoxy) is 3. The van der Waals surface area contributed by atoms with Crippen LogP contribution in [0.5, 0.6) is 17.2 Å². The largest absolute Gasteiger partial charge is 0.497 e. The third-order valence-electron chi connectivity index (χ3n) is 5.30. The second-order valence-corrected chi connectivity index (χ2v) is 8.02. The quantitative estimate of drug-likeness (QED) is 0.525. The number of carbonyl (C=O) groups excluding carboxylic acids is 1. The standard InChI is InChI=1S/C24H27N3O5/c1-15(2)31-20-9-8-17(11-21(20)30-4)23-25-24(32-26-23)18-12-22(28)27(14-18)13-16-6-5-7-19(10-16)29-3/h5-11,15,18H,12-14H2,1-4H3. The third-order valence-corrected chi connectivity index (χ3v) is 5.30. The highest BCUT2D eigenvalue weighted by atomic mass is 16.5. The fraction of sp³-hybridized carbons (Fsp3) is 0.375. The summed E-state index contributed by atoms with van der Waals surface area (Å²) in [6, 6.07) is 13.2. The summed E-state index contributed by atoms with van der Waals surface area (Å²) in [7, 11) is 3.22. The first-order chi connectivity index (χ1) is 15.5. The molecule has 3 aromatic rings. The highest BCUT2D eigenvalue weighted by Gasteiger charge is 2.34. The van der Waals surface area contributed by atoms with Crippen LogP contribution >= 0.6 is 0 Å². The SMILES string of the molecule is COc1cccc(CN2CC(c3nc(-c4ccc(OC(C)C)c(OC)c4)no3)CC2=O)c1. The van der Waals surface area contributed by atoms with Crippen molar-refractivity contribution in [3.63, 3.8) is 0 Å². The lowest BCUT2D eigenvalue weighted by atomic mass is 10.1. The first kappa shape index (κ1) is 21.7. The molecule has 0 saturated carbocycles. The van der Waals surface area contributed by atoms with Crippen LogP contribution < -0.4 is 14.2 Å². The number of amides is 1. The van der Waals surface area contributed by atoms with Gasteiger partial charge in [0.25, 0.3) is 0 Å². The van der Waals surface area contributed by atoms with E-state index in [4.69, 9.17) is 18.7 Å². The number of aromatic nitrogens is 2. The molecule has 32 heavy (non-hydrogen) atoms. The third kappa shape index (κ3) is 4.69. The van der Waals surface area contributed by atoms with Gasteiger partial charge in [-0.2, -0.15) is 4.98 Å². The molecule has 8 nitrogen and oxygen atoms in total. The van der Waals surface area contributed by atoms with Crippen molar-refractivity contribution in [1.29, 1.82) is 0 Å². The molecule has 1 atom stereocenters. The van der Waals surface area contributed by atoms with Crippen molar-refractivity contribution in [2.75, 3.05) is 20.8 Å². The van der Waals surface area contributed by atoms with Gasteiger partial charge in [0.2, 0.25) is 17.6 Å². The minimum Gasteiger partial charge on any atom is -0.497 e. The Morgan fingerprint density at radius 2 is 1.97 bits per heavy atom. The summed E-state index contributed by atoms with van der Waals surface area (Å²) in [4.78, 5) is 18.9. The number of rotatable bonds is 8. The molecule has 168 valence electrons. The van der Waals surface area contributed by atoms with Crippen molar-refractivity contribution in [2.24, 2.45) is 0 Å². The molecule has 2 heterocycles. The number of hydrogen-bond acceptors (Lipinski definition) is 7. The number of methoxy groups -OCH3 is 2. The predicted octanol–water partition coefficient (Wildman–Crippen LogP) is 4.06. The Bertz CT molecular complexity index is 1090. The van der Waals surface area contributed by atoms with Gasteiger partial charge in [0.1, 0.15) is 5.75 Å². The highest BCUT2D eigenvalue weighted by molar-refractivity contribution is 5.79. The molecule has 8 heteroatoms. The molecule has 1 fully saturated rings. The van der Waals surface area contributed by atoms with Crippen molar-refractivity contribution in [3.8, 4) is 28.6 Å². The van der Waals surface area contributed by atoms with Gasteiger partial charge in [-0.1, -0.05) is 17.3 Å². The lowest BCUT2D eigenvalue weighted by molar-refractivity contribution is -0.128. The van der Waals surface area contributed by atoms with E-state index in [0.29, 0.717) is 42.7 Å². The molecule has 0 aliphatic carbocycles. The van der Waals surface area contributed by atoms with Gasteiger partial charge < -0.3 is 23.6 Å². The molecule has 0 N–H and O–H groups in total. The van der Waals surface area contributed by atoms with Crippen molar-refractivity contribution >= 4 is 5.91 Å². The zero-order valence-electron chi connectivity index (χ0n) is 18.7.